The van der Waals surface area contributed by atoms with E-state index < -0.39 is 0 Å². The molecule has 1 aromatic heterocycles. The number of benzene rings is 1. The molecule has 3 rings (SSSR count). The number of hydrogen-bond donors (Lipinski definition) is 0. The van der Waals surface area contributed by atoms with Gasteiger partial charge in [0.1, 0.15) is 4.88 Å². The number of carbonyl (C=O) groups excluding carboxylic acids is 1. The van der Waals surface area contributed by atoms with Crippen LogP contribution in [0.15, 0.2) is 12.1 Å². The minimum atomic E-state index is 0.0193. The molecule has 1 amide bonds. The molecule has 0 unspecified atom stereocenters. The fraction of sp³-hybridized carbons (Fsp3) is 0.500. The van der Waals surface area contributed by atoms with E-state index in [1.807, 2.05) is 24.0 Å². The van der Waals surface area contributed by atoms with Crippen molar-refractivity contribution in [1.29, 1.82) is 0 Å². The van der Waals surface area contributed by atoms with Gasteiger partial charge in [0, 0.05) is 38.3 Å². The number of aryl methyl sites for hydroxylation is 1. The Labute approximate surface area is 162 Å². The van der Waals surface area contributed by atoms with Gasteiger partial charge >= 0.3 is 0 Å². The first-order chi connectivity index (χ1) is 13.1. The molecule has 1 aliphatic heterocycles. The second-order valence-corrected chi connectivity index (χ2v) is 7.00. The normalized spacial score (nSPS) is 14.9. The molecule has 8 nitrogen and oxygen atoms in total. The van der Waals surface area contributed by atoms with Gasteiger partial charge in [-0.1, -0.05) is 10.6 Å². The zero-order valence-corrected chi connectivity index (χ0v) is 16.8. The van der Waals surface area contributed by atoms with E-state index >= 15 is 0 Å². The Morgan fingerprint density at radius 3 is 2.33 bits per heavy atom. The standard InChI is InChI=1S/C18H24N4O4S/c1-12-17(27-20-19-12)18(23)22-9-7-21(8-10-22)11-13-5-6-14(24-2)16(26-4)15(13)25-3/h5-6H,7-11H2,1-4H3. The van der Waals surface area contributed by atoms with Gasteiger partial charge < -0.3 is 19.1 Å². The second-order valence-electron chi connectivity index (χ2n) is 6.25. The highest BCUT2D eigenvalue weighted by Crippen LogP contribution is 2.40. The molecule has 1 aliphatic rings. The van der Waals surface area contributed by atoms with Gasteiger partial charge in [-0.05, 0) is 24.5 Å². The first kappa shape index (κ1) is 19.4. The summed E-state index contributed by atoms with van der Waals surface area (Å²) >= 11 is 1.16. The zero-order valence-electron chi connectivity index (χ0n) is 16.0. The van der Waals surface area contributed by atoms with E-state index in [2.05, 4.69) is 14.5 Å². The fourth-order valence-electron chi connectivity index (χ4n) is 3.21. The zero-order chi connectivity index (χ0) is 19.4. The van der Waals surface area contributed by atoms with Gasteiger partial charge in [0.15, 0.2) is 11.5 Å². The van der Waals surface area contributed by atoms with Crippen molar-refractivity contribution in [1.82, 2.24) is 19.4 Å². The molecule has 0 spiro atoms. The molecule has 0 radical (unpaired) electrons. The van der Waals surface area contributed by atoms with Crippen molar-refractivity contribution in [3.8, 4) is 17.2 Å². The molecule has 2 heterocycles. The smallest absolute Gasteiger partial charge is 0.267 e. The predicted octanol–water partition coefficient (Wildman–Crippen LogP) is 1.83. The van der Waals surface area contributed by atoms with E-state index in [4.69, 9.17) is 14.2 Å². The predicted molar refractivity (Wildman–Crippen MR) is 102 cm³/mol. The van der Waals surface area contributed by atoms with Crippen LogP contribution in [-0.2, 0) is 6.54 Å². The Kier molecular flexibility index (Phi) is 6.12. The molecule has 27 heavy (non-hydrogen) atoms. The molecule has 146 valence electrons. The molecule has 9 heteroatoms. The third-order valence-electron chi connectivity index (χ3n) is 4.68. The van der Waals surface area contributed by atoms with Crippen molar-refractivity contribution in [2.45, 2.75) is 13.5 Å². The Bertz CT molecular complexity index is 803. The number of carbonyl (C=O) groups is 1. The van der Waals surface area contributed by atoms with Crippen LogP contribution in [0.5, 0.6) is 17.2 Å². The van der Waals surface area contributed by atoms with Crippen LogP contribution in [0.1, 0.15) is 20.9 Å². The second kappa shape index (κ2) is 8.53. The highest BCUT2D eigenvalue weighted by atomic mass is 32.1. The maximum absolute atomic E-state index is 12.6. The summed E-state index contributed by atoms with van der Waals surface area (Å²) < 4.78 is 20.2. The minimum absolute atomic E-state index is 0.0193. The van der Waals surface area contributed by atoms with Gasteiger partial charge in [-0.25, -0.2) is 0 Å². The van der Waals surface area contributed by atoms with E-state index in [0.717, 1.165) is 30.2 Å². The summed E-state index contributed by atoms with van der Waals surface area (Å²) in [6.07, 6.45) is 0. The van der Waals surface area contributed by atoms with Crippen LogP contribution >= 0.6 is 11.5 Å². The van der Waals surface area contributed by atoms with E-state index in [0.29, 0.717) is 47.5 Å². The molecule has 2 aromatic rings. The first-order valence-corrected chi connectivity index (χ1v) is 9.44. The van der Waals surface area contributed by atoms with E-state index in [1.165, 1.54) is 0 Å². The van der Waals surface area contributed by atoms with Gasteiger partial charge in [0.25, 0.3) is 5.91 Å². The van der Waals surface area contributed by atoms with Crippen LogP contribution in [0.25, 0.3) is 0 Å². The molecule has 0 bridgehead atoms. The lowest BCUT2D eigenvalue weighted by Gasteiger charge is -2.34. The molecular weight excluding hydrogens is 368 g/mol. The molecule has 1 aromatic carbocycles. The number of ether oxygens (including phenoxy) is 3. The lowest BCUT2D eigenvalue weighted by molar-refractivity contribution is 0.0631. The SMILES string of the molecule is COc1ccc(CN2CCN(C(=O)c3snnc3C)CC2)c(OC)c1OC. The summed E-state index contributed by atoms with van der Waals surface area (Å²) in [5.41, 5.74) is 1.72. The summed E-state index contributed by atoms with van der Waals surface area (Å²) in [6.45, 7) is 5.45. The quantitative estimate of drug-likeness (QED) is 0.742. The molecule has 0 atom stereocenters. The highest BCUT2D eigenvalue weighted by molar-refractivity contribution is 7.07. The number of methoxy groups -OCH3 is 3. The van der Waals surface area contributed by atoms with Crippen molar-refractivity contribution >= 4 is 17.4 Å². The van der Waals surface area contributed by atoms with E-state index in [-0.39, 0.29) is 5.91 Å². The molecule has 0 N–H and O–H groups in total. The van der Waals surface area contributed by atoms with Crippen LogP contribution < -0.4 is 14.2 Å². The Hall–Kier alpha value is -2.39. The van der Waals surface area contributed by atoms with Gasteiger partial charge in [-0.2, -0.15) is 0 Å². The maximum atomic E-state index is 12.6. The monoisotopic (exact) mass is 392 g/mol. The third kappa shape index (κ3) is 3.98. The van der Waals surface area contributed by atoms with Crippen LogP contribution in [0.3, 0.4) is 0 Å². The van der Waals surface area contributed by atoms with Crippen molar-refractivity contribution < 1.29 is 19.0 Å². The number of aromatic nitrogens is 2. The van der Waals surface area contributed by atoms with E-state index in [9.17, 15) is 4.79 Å². The van der Waals surface area contributed by atoms with Crippen LogP contribution in [0, 0.1) is 6.92 Å². The summed E-state index contributed by atoms with van der Waals surface area (Å²) in [4.78, 5) is 17.4. The number of amides is 1. The number of hydrogen-bond acceptors (Lipinski definition) is 8. The molecular formula is C18H24N4O4S. The molecule has 0 aliphatic carbocycles. The number of rotatable bonds is 6. The van der Waals surface area contributed by atoms with Crippen LogP contribution in [0.2, 0.25) is 0 Å². The average molecular weight is 392 g/mol. The van der Waals surface area contributed by atoms with Gasteiger partial charge in [-0.3, -0.25) is 9.69 Å². The topological polar surface area (TPSA) is 77.0 Å². The summed E-state index contributed by atoms with van der Waals surface area (Å²) in [5, 5.41) is 3.93. The summed E-state index contributed by atoms with van der Waals surface area (Å²) in [5.74, 6) is 1.94. The largest absolute Gasteiger partial charge is 0.493 e. The average Bonchev–Trinajstić information content (AvgIpc) is 3.13. The summed E-state index contributed by atoms with van der Waals surface area (Å²) in [6, 6.07) is 3.88. The van der Waals surface area contributed by atoms with Crippen molar-refractivity contribution in [2.75, 3.05) is 47.5 Å². The minimum Gasteiger partial charge on any atom is -0.493 e. The van der Waals surface area contributed by atoms with Crippen LogP contribution in [0.4, 0.5) is 0 Å². The lowest BCUT2D eigenvalue weighted by atomic mass is 10.1. The Balaban J connectivity index is 1.66. The van der Waals surface area contributed by atoms with E-state index in [1.54, 1.807) is 21.3 Å². The van der Waals surface area contributed by atoms with Crippen molar-refractivity contribution in [2.24, 2.45) is 0 Å². The Morgan fingerprint density at radius 1 is 1.07 bits per heavy atom. The van der Waals surface area contributed by atoms with Gasteiger partial charge in [0.2, 0.25) is 5.75 Å². The van der Waals surface area contributed by atoms with Crippen molar-refractivity contribution in [3.05, 3.63) is 28.3 Å². The van der Waals surface area contributed by atoms with Gasteiger partial charge in [-0.15, -0.1) is 5.10 Å². The van der Waals surface area contributed by atoms with Crippen molar-refractivity contribution in [3.63, 3.8) is 0 Å². The van der Waals surface area contributed by atoms with Gasteiger partial charge in [0.05, 0.1) is 27.0 Å². The molecule has 1 saturated heterocycles. The Morgan fingerprint density at radius 2 is 1.78 bits per heavy atom. The third-order valence-corrected chi connectivity index (χ3v) is 5.50. The number of nitrogens with zero attached hydrogens (tertiary/aromatic N) is 4. The first-order valence-electron chi connectivity index (χ1n) is 8.67. The highest BCUT2D eigenvalue weighted by Gasteiger charge is 2.26. The summed E-state index contributed by atoms with van der Waals surface area (Å²) in [7, 11) is 4.83. The molecule has 0 saturated carbocycles. The van der Waals surface area contributed by atoms with Crippen LogP contribution in [-0.4, -0.2) is 72.8 Å². The maximum Gasteiger partial charge on any atom is 0.267 e. The lowest BCUT2D eigenvalue weighted by Crippen LogP contribution is -2.48. The molecule has 1 fully saturated rings. The fourth-order valence-corrected chi connectivity index (χ4v) is 3.83. The number of piperazine rings is 1.